The van der Waals surface area contributed by atoms with Crippen LogP contribution in [0.4, 0.5) is 8.78 Å². The third-order valence-corrected chi connectivity index (χ3v) is 3.36. The highest BCUT2D eigenvalue weighted by Gasteiger charge is 2.31. The Morgan fingerprint density at radius 1 is 1.35 bits per heavy atom. The van der Waals surface area contributed by atoms with E-state index in [0.29, 0.717) is 24.7 Å². The molecule has 1 rings (SSSR count). The maximum absolute atomic E-state index is 13.7. The van der Waals surface area contributed by atoms with Crippen LogP contribution >= 0.6 is 11.6 Å². The van der Waals surface area contributed by atoms with E-state index in [2.05, 4.69) is 10.2 Å². The molecule has 0 aliphatic carbocycles. The average Bonchev–Trinajstić information content (AvgIpc) is 2.86. The molecule has 1 atom stereocenters. The summed E-state index contributed by atoms with van der Waals surface area (Å²) < 4.78 is 38.1. The van der Waals surface area contributed by atoms with Crippen molar-refractivity contribution in [1.82, 2.24) is 15.1 Å². The maximum Gasteiger partial charge on any atom is 0.283 e. The molecule has 5 nitrogen and oxygen atoms in total. The first kappa shape index (κ1) is 20.3. The molecule has 1 heterocycles. The van der Waals surface area contributed by atoms with Gasteiger partial charge in [-0.25, -0.2) is 8.78 Å². The minimum Gasteiger partial charge on any atom is -0.372 e. The number of aromatic amines is 1. The van der Waals surface area contributed by atoms with Gasteiger partial charge in [0.2, 0.25) is 0 Å². The van der Waals surface area contributed by atoms with Gasteiger partial charge in [0.25, 0.3) is 5.92 Å². The van der Waals surface area contributed by atoms with Gasteiger partial charge in [0.15, 0.2) is 5.15 Å². The van der Waals surface area contributed by atoms with Gasteiger partial charge in [-0.2, -0.15) is 5.10 Å². The average molecular weight is 354 g/mol. The number of alkyl halides is 2. The summed E-state index contributed by atoms with van der Waals surface area (Å²) in [5.41, 5.74) is 0.785. The molecule has 0 aliphatic heterocycles. The Morgan fingerprint density at radius 2 is 2.04 bits per heavy atom. The third-order valence-electron chi connectivity index (χ3n) is 3.17. The fraction of sp³-hybridized carbons (Fsp3) is 0.800. The summed E-state index contributed by atoms with van der Waals surface area (Å²) in [6.07, 6.45) is 0.398. The molecule has 1 aromatic heterocycles. The van der Waals surface area contributed by atoms with E-state index in [-0.39, 0.29) is 18.8 Å². The fourth-order valence-electron chi connectivity index (χ4n) is 1.93. The molecule has 1 aromatic rings. The lowest BCUT2D eigenvalue weighted by Gasteiger charge is -2.25. The number of hydrogen-bond acceptors (Lipinski definition) is 4. The zero-order valence-electron chi connectivity index (χ0n) is 14.1. The van der Waals surface area contributed by atoms with Crippen molar-refractivity contribution < 1.29 is 18.3 Å². The first-order valence-electron chi connectivity index (χ1n) is 7.67. The Bertz CT molecular complexity index is 458. The van der Waals surface area contributed by atoms with Crippen LogP contribution in [-0.2, 0) is 16.1 Å². The Labute approximate surface area is 141 Å². The molecule has 0 spiro atoms. The second-order valence-corrected chi connectivity index (χ2v) is 6.47. The molecule has 0 radical (unpaired) electrons. The molecule has 0 fully saturated rings. The van der Waals surface area contributed by atoms with Crippen LogP contribution in [0.3, 0.4) is 0 Å². The van der Waals surface area contributed by atoms with Crippen LogP contribution in [0.25, 0.3) is 0 Å². The lowest BCUT2D eigenvalue weighted by atomic mass is 10.2. The van der Waals surface area contributed by atoms with E-state index in [0.717, 1.165) is 5.69 Å². The summed E-state index contributed by atoms with van der Waals surface area (Å²) in [4.78, 5) is 1.59. The predicted molar refractivity (Wildman–Crippen MR) is 86.0 cm³/mol. The van der Waals surface area contributed by atoms with Crippen LogP contribution in [0.1, 0.15) is 32.9 Å². The Hall–Kier alpha value is -0.760. The van der Waals surface area contributed by atoms with Gasteiger partial charge in [0.05, 0.1) is 31.1 Å². The van der Waals surface area contributed by atoms with Crippen molar-refractivity contribution in [2.24, 2.45) is 0 Å². The van der Waals surface area contributed by atoms with Crippen LogP contribution < -0.4 is 0 Å². The van der Waals surface area contributed by atoms with Crippen molar-refractivity contribution in [3.63, 3.8) is 0 Å². The Kier molecular flexibility index (Phi) is 8.39. The molecule has 0 amide bonds. The summed E-state index contributed by atoms with van der Waals surface area (Å²) in [5, 5.41) is 6.94. The van der Waals surface area contributed by atoms with Gasteiger partial charge in [0, 0.05) is 12.6 Å². The number of ether oxygens (including phenoxy) is 2. The van der Waals surface area contributed by atoms with E-state index in [4.69, 9.17) is 21.1 Å². The smallest absolute Gasteiger partial charge is 0.283 e. The van der Waals surface area contributed by atoms with Crippen molar-refractivity contribution in [1.29, 1.82) is 0 Å². The monoisotopic (exact) mass is 353 g/mol. The number of nitrogens with zero attached hydrogens (tertiary/aromatic N) is 2. The minimum atomic E-state index is -2.85. The van der Waals surface area contributed by atoms with Crippen LogP contribution in [0.15, 0.2) is 6.07 Å². The Morgan fingerprint density at radius 3 is 2.61 bits per heavy atom. The van der Waals surface area contributed by atoms with Gasteiger partial charge in [-0.15, -0.1) is 0 Å². The van der Waals surface area contributed by atoms with E-state index in [1.54, 1.807) is 31.9 Å². The summed E-state index contributed by atoms with van der Waals surface area (Å²) in [7, 11) is 1.67. The van der Waals surface area contributed by atoms with Crippen molar-refractivity contribution in [3.05, 3.63) is 16.9 Å². The molecule has 8 heteroatoms. The van der Waals surface area contributed by atoms with Gasteiger partial charge in [-0.05, 0) is 34.2 Å². The highest BCUT2D eigenvalue weighted by atomic mass is 35.5. The second kappa shape index (κ2) is 9.52. The fourth-order valence-corrected chi connectivity index (χ4v) is 2.11. The molecule has 134 valence electrons. The van der Waals surface area contributed by atoms with Crippen LogP contribution in [0.2, 0.25) is 5.15 Å². The zero-order chi connectivity index (χ0) is 17.5. The van der Waals surface area contributed by atoms with E-state index in [9.17, 15) is 8.78 Å². The molecule has 0 bridgehead atoms. The van der Waals surface area contributed by atoms with Crippen LogP contribution in [-0.4, -0.2) is 60.0 Å². The second-order valence-electron chi connectivity index (χ2n) is 6.08. The molecule has 23 heavy (non-hydrogen) atoms. The first-order valence-corrected chi connectivity index (χ1v) is 8.05. The number of hydrogen-bond donors (Lipinski definition) is 1. The van der Waals surface area contributed by atoms with Gasteiger partial charge >= 0.3 is 0 Å². The molecule has 0 aliphatic rings. The van der Waals surface area contributed by atoms with Crippen LogP contribution in [0, 0.1) is 0 Å². The molecular weight excluding hydrogens is 328 g/mol. The molecule has 1 N–H and O–H groups in total. The van der Waals surface area contributed by atoms with E-state index in [1.807, 2.05) is 6.92 Å². The Balaban J connectivity index is 2.22. The van der Waals surface area contributed by atoms with Gasteiger partial charge < -0.3 is 14.4 Å². The number of nitrogens with one attached hydrogen (secondary N) is 1. The van der Waals surface area contributed by atoms with E-state index in [1.165, 1.54) is 0 Å². The minimum absolute atomic E-state index is 0.0555. The van der Waals surface area contributed by atoms with Crippen molar-refractivity contribution in [2.45, 2.75) is 51.9 Å². The molecule has 0 saturated heterocycles. The number of H-pyrrole nitrogens is 1. The topological polar surface area (TPSA) is 50.4 Å². The molecular formula is C15H26ClF2N3O2. The lowest BCUT2D eigenvalue weighted by Crippen LogP contribution is -2.39. The summed E-state index contributed by atoms with van der Waals surface area (Å²) >= 11 is 5.70. The number of rotatable bonds is 11. The van der Waals surface area contributed by atoms with E-state index >= 15 is 0 Å². The number of aromatic nitrogens is 2. The van der Waals surface area contributed by atoms with Gasteiger partial charge in [-0.1, -0.05) is 11.6 Å². The SMILES string of the molecule is CC(C)OCC(F)(F)CN(C)CCC(C)OCc1cc(Cl)n[nH]1. The first-order chi connectivity index (χ1) is 10.7. The molecule has 1 unspecified atom stereocenters. The quantitative estimate of drug-likeness (QED) is 0.663. The maximum atomic E-state index is 13.7. The summed E-state index contributed by atoms with van der Waals surface area (Å²) in [6.45, 7) is 5.39. The predicted octanol–water partition coefficient (Wildman–Crippen LogP) is 3.35. The highest BCUT2D eigenvalue weighted by Crippen LogP contribution is 2.17. The lowest BCUT2D eigenvalue weighted by molar-refractivity contribution is -0.106. The van der Waals surface area contributed by atoms with Crippen molar-refractivity contribution in [3.8, 4) is 0 Å². The largest absolute Gasteiger partial charge is 0.372 e. The van der Waals surface area contributed by atoms with Crippen LogP contribution in [0.5, 0.6) is 0 Å². The third kappa shape index (κ3) is 9.20. The zero-order valence-corrected chi connectivity index (χ0v) is 14.9. The van der Waals surface area contributed by atoms with Gasteiger partial charge in [0.1, 0.15) is 6.61 Å². The summed E-state index contributed by atoms with van der Waals surface area (Å²) in [5.74, 6) is -2.85. The standard InChI is InChI=1S/C15H26ClF2N3O2/c1-11(2)23-10-15(17,18)9-21(4)6-5-12(3)22-8-13-7-14(16)20-19-13/h7,11-12H,5-6,8-10H2,1-4H3,(H,19,20). The normalized spacial score (nSPS) is 14.0. The molecule has 0 saturated carbocycles. The van der Waals surface area contributed by atoms with Crippen molar-refractivity contribution in [2.75, 3.05) is 26.7 Å². The number of halogens is 3. The van der Waals surface area contributed by atoms with Crippen molar-refractivity contribution >= 4 is 11.6 Å². The van der Waals surface area contributed by atoms with E-state index < -0.39 is 12.5 Å². The van der Waals surface area contributed by atoms with Gasteiger partial charge in [-0.3, -0.25) is 5.10 Å². The summed E-state index contributed by atoms with van der Waals surface area (Å²) in [6, 6.07) is 1.69. The molecule has 0 aromatic carbocycles. The highest BCUT2D eigenvalue weighted by molar-refractivity contribution is 6.29.